The number of hydrogen-bond donors (Lipinski definition) is 2. The van der Waals surface area contributed by atoms with Gasteiger partial charge in [-0.1, -0.05) is 0 Å². The number of aliphatic hydroxyl groups is 1. The fourth-order valence-corrected chi connectivity index (χ4v) is 0.182. The van der Waals surface area contributed by atoms with E-state index in [2.05, 4.69) is 11.8 Å². The first-order chi connectivity index (χ1) is 3.72. The van der Waals surface area contributed by atoms with E-state index in [0.717, 1.165) is 0 Å². The summed E-state index contributed by atoms with van der Waals surface area (Å²) in [6, 6.07) is -0.951. The zero-order chi connectivity index (χ0) is 6.57. The van der Waals surface area contributed by atoms with E-state index >= 15 is 0 Å². The van der Waals surface area contributed by atoms with Crippen LogP contribution in [-0.4, -0.2) is 23.7 Å². The molecule has 1 atom stereocenters. The molecule has 4 heteroatoms. The van der Waals surface area contributed by atoms with Crippen LogP contribution in [-0.2, 0) is 9.53 Å². The number of carbonyl (C=O) groups excluding carboxylic acids is 1. The SMILES string of the molecule is [CH2]OC(=O)C(N)CO. The molecular formula is C4H8NO3. The van der Waals surface area contributed by atoms with E-state index in [1.165, 1.54) is 0 Å². The third-order valence-corrected chi connectivity index (χ3v) is 0.642. The van der Waals surface area contributed by atoms with Gasteiger partial charge in [0.15, 0.2) is 0 Å². The van der Waals surface area contributed by atoms with E-state index in [1.54, 1.807) is 0 Å². The quantitative estimate of drug-likeness (QED) is 0.439. The van der Waals surface area contributed by atoms with Gasteiger partial charge in [-0.2, -0.15) is 0 Å². The van der Waals surface area contributed by atoms with Gasteiger partial charge in [-0.15, -0.1) is 0 Å². The third kappa shape index (κ3) is 1.90. The summed E-state index contributed by atoms with van der Waals surface area (Å²) < 4.78 is 3.93. The van der Waals surface area contributed by atoms with E-state index < -0.39 is 18.6 Å². The van der Waals surface area contributed by atoms with Gasteiger partial charge in [0.25, 0.3) is 0 Å². The molecule has 0 aliphatic heterocycles. The van der Waals surface area contributed by atoms with Crippen molar-refractivity contribution in [2.45, 2.75) is 6.04 Å². The molecule has 0 saturated heterocycles. The van der Waals surface area contributed by atoms with E-state index in [9.17, 15) is 4.79 Å². The van der Waals surface area contributed by atoms with E-state index in [0.29, 0.717) is 0 Å². The summed E-state index contributed by atoms with van der Waals surface area (Å²) in [5.41, 5.74) is 4.96. The van der Waals surface area contributed by atoms with Gasteiger partial charge in [0.05, 0.1) is 6.61 Å². The predicted octanol–water partition coefficient (Wildman–Crippen LogP) is -1.36. The molecule has 0 aliphatic rings. The average molecular weight is 118 g/mol. The minimum absolute atomic E-state index is 0.408. The lowest BCUT2D eigenvalue weighted by Gasteiger charge is -2.02. The lowest BCUT2D eigenvalue weighted by Crippen LogP contribution is -2.34. The Morgan fingerprint density at radius 2 is 2.50 bits per heavy atom. The maximum atomic E-state index is 10.2. The Hall–Kier alpha value is -0.610. The van der Waals surface area contributed by atoms with Crippen molar-refractivity contribution in [1.29, 1.82) is 0 Å². The Balaban J connectivity index is 3.46. The second-order valence-electron chi connectivity index (χ2n) is 1.25. The highest BCUT2D eigenvalue weighted by Crippen LogP contribution is 1.79. The Kier molecular flexibility index (Phi) is 3.14. The van der Waals surface area contributed by atoms with Crippen LogP contribution in [0.25, 0.3) is 0 Å². The molecule has 8 heavy (non-hydrogen) atoms. The summed E-state index contributed by atoms with van der Waals surface area (Å²) in [5.74, 6) is -0.701. The maximum absolute atomic E-state index is 10.2. The Morgan fingerprint density at radius 1 is 2.00 bits per heavy atom. The van der Waals surface area contributed by atoms with Gasteiger partial charge in [0.1, 0.15) is 13.2 Å². The summed E-state index contributed by atoms with van der Waals surface area (Å²) >= 11 is 0. The van der Waals surface area contributed by atoms with Crippen LogP contribution in [0.4, 0.5) is 0 Å². The zero-order valence-corrected chi connectivity index (χ0v) is 4.33. The molecule has 1 radical (unpaired) electrons. The fourth-order valence-electron chi connectivity index (χ4n) is 0.182. The smallest absolute Gasteiger partial charge is 0.325 e. The minimum atomic E-state index is -0.951. The average Bonchev–Trinajstić information content (AvgIpc) is 1.84. The van der Waals surface area contributed by atoms with Gasteiger partial charge >= 0.3 is 5.97 Å². The first kappa shape index (κ1) is 7.39. The van der Waals surface area contributed by atoms with Crippen molar-refractivity contribution >= 4 is 5.97 Å². The minimum Gasteiger partial charge on any atom is -0.461 e. The summed E-state index contributed by atoms with van der Waals surface area (Å²) in [7, 11) is 2.81. The Labute approximate surface area is 47.2 Å². The first-order valence-electron chi connectivity index (χ1n) is 2.04. The van der Waals surface area contributed by atoms with E-state index in [4.69, 9.17) is 10.8 Å². The third-order valence-electron chi connectivity index (χ3n) is 0.642. The van der Waals surface area contributed by atoms with Crippen LogP contribution in [0, 0.1) is 7.11 Å². The molecule has 0 aromatic heterocycles. The van der Waals surface area contributed by atoms with Gasteiger partial charge in [0, 0.05) is 0 Å². The van der Waals surface area contributed by atoms with Crippen LogP contribution in [0.2, 0.25) is 0 Å². The second-order valence-corrected chi connectivity index (χ2v) is 1.25. The molecule has 47 valence electrons. The number of ether oxygens (including phenoxy) is 1. The summed E-state index contributed by atoms with van der Waals surface area (Å²) in [6.45, 7) is -0.408. The predicted molar refractivity (Wildman–Crippen MR) is 26.5 cm³/mol. The maximum Gasteiger partial charge on any atom is 0.325 e. The van der Waals surface area contributed by atoms with Crippen LogP contribution < -0.4 is 5.73 Å². The number of hydrogen-bond acceptors (Lipinski definition) is 4. The number of rotatable bonds is 2. The van der Waals surface area contributed by atoms with Crippen LogP contribution in [0.5, 0.6) is 0 Å². The van der Waals surface area contributed by atoms with Crippen molar-refractivity contribution in [2.24, 2.45) is 5.73 Å². The molecule has 0 aromatic carbocycles. The topological polar surface area (TPSA) is 72.5 Å². The Morgan fingerprint density at radius 3 is 2.62 bits per heavy atom. The van der Waals surface area contributed by atoms with E-state index in [-0.39, 0.29) is 0 Å². The van der Waals surface area contributed by atoms with Crippen molar-refractivity contribution in [3.05, 3.63) is 7.11 Å². The number of carbonyl (C=O) groups is 1. The highest BCUT2D eigenvalue weighted by molar-refractivity contribution is 5.75. The zero-order valence-electron chi connectivity index (χ0n) is 4.33. The molecule has 0 amide bonds. The molecule has 0 fully saturated rings. The number of aliphatic hydroxyl groups excluding tert-OH is 1. The van der Waals surface area contributed by atoms with Crippen molar-refractivity contribution in [1.82, 2.24) is 0 Å². The van der Waals surface area contributed by atoms with Gasteiger partial charge in [-0.25, -0.2) is 0 Å². The monoisotopic (exact) mass is 118 g/mol. The highest BCUT2D eigenvalue weighted by Gasteiger charge is 2.10. The standard InChI is InChI=1S/C4H8NO3/c1-8-4(7)3(5)2-6/h3,6H,1-2,5H2. The molecule has 0 spiro atoms. The van der Waals surface area contributed by atoms with Crippen LogP contribution in [0.3, 0.4) is 0 Å². The largest absolute Gasteiger partial charge is 0.461 e. The highest BCUT2D eigenvalue weighted by atomic mass is 16.5. The molecule has 0 heterocycles. The van der Waals surface area contributed by atoms with Gasteiger partial charge in [0.2, 0.25) is 0 Å². The lowest BCUT2D eigenvalue weighted by atomic mass is 10.3. The summed E-state index contributed by atoms with van der Waals surface area (Å²) in [5, 5.41) is 8.18. The molecule has 0 aliphatic carbocycles. The lowest BCUT2D eigenvalue weighted by molar-refractivity contribution is -0.140. The summed E-state index contributed by atoms with van der Waals surface area (Å²) in [4.78, 5) is 10.2. The van der Waals surface area contributed by atoms with Crippen molar-refractivity contribution in [3.8, 4) is 0 Å². The van der Waals surface area contributed by atoms with E-state index in [1.807, 2.05) is 0 Å². The molecular weight excluding hydrogens is 110 g/mol. The van der Waals surface area contributed by atoms with Crippen LogP contribution in [0.1, 0.15) is 0 Å². The number of nitrogens with two attached hydrogens (primary N) is 1. The van der Waals surface area contributed by atoms with Gasteiger partial charge < -0.3 is 15.6 Å². The molecule has 0 saturated carbocycles. The van der Waals surface area contributed by atoms with Gasteiger partial charge in [-0.05, 0) is 0 Å². The molecule has 3 N–H and O–H groups in total. The first-order valence-corrected chi connectivity index (χ1v) is 2.04. The second kappa shape index (κ2) is 3.40. The fraction of sp³-hybridized carbons (Fsp3) is 0.500. The van der Waals surface area contributed by atoms with Crippen molar-refractivity contribution in [3.63, 3.8) is 0 Å². The molecule has 4 nitrogen and oxygen atoms in total. The Bertz CT molecular complexity index is 83.4. The molecule has 1 unspecified atom stereocenters. The molecule has 0 rings (SSSR count). The normalized spacial score (nSPS) is 12.9. The van der Waals surface area contributed by atoms with Crippen molar-refractivity contribution in [2.75, 3.05) is 6.61 Å². The van der Waals surface area contributed by atoms with Gasteiger partial charge in [-0.3, -0.25) is 4.79 Å². The molecule has 0 aromatic rings. The summed E-state index contributed by atoms with van der Waals surface area (Å²) in [6.07, 6.45) is 0. The van der Waals surface area contributed by atoms with Crippen LogP contribution in [0.15, 0.2) is 0 Å². The number of esters is 1. The van der Waals surface area contributed by atoms with Crippen molar-refractivity contribution < 1.29 is 14.6 Å². The molecule has 0 bridgehead atoms. The van der Waals surface area contributed by atoms with Crippen LogP contribution >= 0.6 is 0 Å².